The van der Waals surface area contributed by atoms with Crippen molar-refractivity contribution in [3.63, 3.8) is 0 Å². The van der Waals surface area contributed by atoms with Gasteiger partial charge in [0.1, 0.15) is 5.82 Å². The molecule has 86 valence electrons. The highest BCUT2D eigenvalue weighted by Gasteiger charge is 1.95. The molecular formula is C15H12BrF. The Morgan fingerprint density at radius 1 is 0.941 bits per heavy atom. The maximum absolute atomic E-state index is 12.7. The van der Waals surface area contributed by atoms with Gasteiger partial charge in [-0.1, -0.05) is 64.5 Å². The lowest BCUT2D eigenvalue weighted by molar-refractivity contribution is 0.628. The summed E-state index contributed by atoms with van der Waals surface area (Å²) in [5.74, 6) is -0.206. The fourth-order valence-electron chi connectivity index (χ4n) is 1.58. The van der Waals surface area contributed by atoms with E-state index >= 15 is 0 Å². The Balaban J connectivity index is 2.22. The summed E-state index contributed by atoms with van der Waals surface area (Å²) < 4.78 is 12.7. The van der Waals surface area contributed by atoms with E-state index in [-0.39, 0.29) is 5.82 Å². The number of halogens is 2. The molecule has 0 saturated carbocycles. The van der Waals surface area contributed by atoms with Gasteiger partial charge in [0.05, 0.1) is 0 Å². The minimum atomic E-state index is -0.206. The summed E-state index contributed by atoms with van der Waals surface area (Å²) in [5.41, 5.74) is 3.41. The molecule has 0 aliphatic heterocycles. The van der Waals surface area contributed by atoms with Crippen molar-refractivity contribution in [1.82, 2.24) is 0 Å². The molecule has 0 saturated heterocycles. The molecule has 2 rings (SSSR count). The topological polar surface area (TPSA) is 0 Å². The normalized spacial score (nSPS) is 10.9. The van der Waals surface area contributed by atoms with Crippen molar-refractivity contribution >= 4 is 28.1 Å². The van der Waals surface area contributed by atoms with E-state index < -0.39 is 0 Å². The highest BCUT2D eigenvalue weighted by atomic mass is 79.9. The van der Waals surface area contributed by atoms with Crippen LogP contribution in [-0.4, -0.2) is 0 Å². The first kappa shape index (κ1) is 12.1. The molecule has 0 aliphatic carbocycles. The SMILES string of the molecule is Fc1ccc(/C=C/c2ccccc2CBr)cc1. The van der Waals surface area contributed by atoms with Crippen LogP contribution in [0.25, 0.3) is 12.2 Å². The zero-order valence-corrected chi connectivity index (χ0v) is 10.8. The van der Waals surface area contributed by atoms with Crippen molar-refractivity contribution in [3.05, 3.63) is 71.0 Å². The second-order valence-electron chi connectivity index (χ2n) is 3.72. The molecule has 0 radical (unpaired) electrons. The van der Waals surface area contributed by atoms with Gasteiger partial charge in [-0.3, -0.25) is 0 Å². The second kappa shape index (κ2) is 5.78. The average Bonchev–Trinajstić information content (AvgIpc) is 2.38. The van der Waals surface area contributed by atoms with Crippen molar-refractivity contribution in [2.45, 2.75) is 5.33 Å². The van der Waals surface area contributed by atoms with E-state index in [4.69, 9.17) is 0 Å². The van der Waals surface area contributed by atoms with Crippen molar-refractivity contribution in [3.8, 4) is 0 Å². The molecule has 0 spiro atoms. The van der Waals surface area contributed by atoms with Gasteiger partial charge in [0, 0.05) is 5.33 Å². The number of hydrogen-bond acceptors (Lipinski definition) is 0. The fourth-order valence-corrected chi connectivity index (χ4v) is 2.09. The van der Waals surface area contributed by atoms with Gasteiger partial charge in [0.15, 0.2) is 0 Å². The summed E-state index contributed by atoms with van der Waals surface area (Å²) in [4.78, 5) is 0. The highest BCUT2D eigenvalue weighted by Crippen LogP contribution is 2.16. The van der Waals surface area contributed by atoms with Crippen LogP contribution in [0.4, 0.5) is 4.39 Å². The zero-order valence-electron chi connectivity index (χ0n) is 9.24. The maximum atomic E-state index is 12.7. The number of rotatable bonds is 3. The maximum Gasteiger partial charge on any atom is 0.123 e. The first-order chi connectivity index (χ1) is 8.29. The minimum Gasteiger partial charge on any atom is -0.207 e. The van der Waals surface area contributed by atoms with Gasteiger partial charge < -0.3 is 0 Å². The Kier molecular flexibility index (Phi) is 4.10. The molecule has 17 heavy (non-hydrogen) atoms. The first-order valence-electron chi connectivity index (χ1n) is 5.37. The van der Waals surface area contributed by atoms with Crippen molar-refractivity contribution in [2.75, 3.05) is 0 Å². The number of hydrogen-bond donors (Lipinski definition) is 0. The van der Waals surface area contributed by atoms with E-state index in [2.05, 4.69) is 28.1 Å². The standard InChI is InChI=1S/C15H12BrF/c16-11-14-4-2-1-3-13(14)8-5-12-6-9-15(17)10-7-12/h1-10H,11H2/b8-5+. The lowest BCUT2D eigenvalue weighted by Gasteiger charge is -2.01. The van der Waals surface area contributed by atoms with E-state index in [1.54, 1.807) is 12.1 Å². The Morgan fingerprint density at radius 3 is 2.35 bits per heavy atom. The van der Waals surface area contributed by atoms with Crippen LogP contribution in [0.5, 0.6) is 0 Å². The van der Waals surface area contributed by atoms with Crippen LogP contribution in [0.15, 0.2) is 48.5 Å². The van der Waals surface area contributed by atoms with E-state index in [1.807, 2.05) is 24.3 Å². The molecule has 0 atom stereocenters. The zero-order chi connectivity index (χ0) is 12.1. The summed E-state index contributed by atoms with van der Waals surface area (Å²) >= 11 is 3.46. The van der Waals surface area contributed by atoms with E-state index in [0.717, 1.165) is 10.9 Å². The van der Waals surface area contributed by atoms with Gasteiger partial charge >= 0.3 is 0 Å². The Hall–Kier alpha value is -1.41. The summed E-state index contributed by atoms with van der Waals surface area (Å²) in [6.07, 6.45) is 4.03. The quantitative estimate of drug-likeness (QED) is 0.558. The van der Waals surface area contributed by atoms with Gasteiger partial charge in [0.25, 0.3) is 0 Å². The smallest absolute Gasteiger partial charge is 0.123 e. The molecule has 2 aromatic carbocycles. The predicted molar refractivity (Wildman–Crippen MR) is 74.4 cm³/mol. The van der Waals surface area contributed by atoms with Gasteiger partial charge in [-0.2, -0.15) is 0 Å². The fraction of sp³-hybridized carbons (Fsp3) is 0.0667. The molecule has 0 aromatic heterocycles. The molecular weight excluding hydrogens is 279 g/mol. The molecule has 0 bridgehead atoms. The molecule has 0 N–H and O–H groups in total. The monoisotopic (exact) mass is 290 g/mol. The predicted octanol–water partition coefficient (Wildman–Crippen LogP) is 4.89. The Morgan fingerprint density at radius 2 is 1.65 bits per heavy atom. The van der Waals surface area contributed by atoms with Crippen LogP contribution in [0, 0.1) is 5.82 Å². The van der Waals surface area contributed by atoms with Crippen molar-refractivity contribution < 1.29 is 4.39 Å². The van der Waals surface area contributed by atoms with Gasteiger partial charge in [-0.25, -0.2) is 4.39 Å². The van der Waals surface area contributed by atoms with E-state index in [9.17, 15) is 4.39 Å². The molecule has 0 heterocycles. The third-order valence-corrected chi connectivity index (χ3v) is 3.13. The molecule has 0 unspecified atom stereocenters. The Bertz CT molecular complexity index is 515. The summed E-state index contributed by atoms with van der Waals surface area (Å²) in [6.45, 7) is 0. The summed E-state index contributed by atoms with van der Waals surface area (Å²) in [7, 11) is 0. The van der Waals surface area contributed by atoms with Crippen LogP contribution in [0.2, 0.25) is 0 Å². The van der Waals surface area contributed by atoms with Crippen molar-refractivity contribution in [2.24, 2.45) is 0 Å². The van der Waals surface area contributed by atoms with E-state index in [0.29, 0.717) is 0 Å². The molecule has 2 heteroatoms. The van der Waals surface area contributed by atoms with E-state index in [1.165, 1.54) is 23.3 Å². The lowest BCUT2D eigenvalue weighted by atomic mass is 10.1. The average molecular weight is 291 g/mol. The van der Waals surface area contributed by atoms with Crippen LogP contribution in [-0.2, 0) is 5.33 Å². The Labute approximate surface area is 109 Å². The largest absolute Gasteiger partial charge is 0.207 e. The molecule has 0 nitrogen and oxygen atoms in total. The third kappa shape index (κ3) is 3.27. The van der Waals surface area contributed by atoms with Crippen LogP contribution in [0.3, 0.4) is 0 Å². The van der Waals surface area contributed by atoms with Crippen molar-refractivity contribution in [1.29, 1.82) is 0 Å². The summed E-state index contributed by atoms with van der Waals surface area (Å²) in [5, 5.41) is 0.830. The first-order valence-corrected chi connectivity index (χ1v) is 6.49. The third-order valence-electron chi connectivity index (χ3n) is 2.52. The van der Waals surface area contributed by atoms with Crippen LogP contribution >= 0.6 is 15.9 Å². The van der Waals surface area contributed by atoms with Gasteiger partial charge in [0.2, 0.25) is 0 Å². The molecule has 0 amide bonds. The number of alkyl halides is 1. The second-order valence-corrected chi connectivity index (χ2v) is 4.28. The number of benzene rings is 2. The molecule has 0 fully saturated rings. The van der Waals surface area contributed by atoms with Crippen LogP contribution < -0.4 is 0 Å². The summed E-state index contributed by atoms with van der Waals surface area (Å²) in [6, 6.07) is 14.6. The van der Waals surface area contributed by atoms with Gasteiger partial charge in [-0.15, -0.1) is 0 Å². The van der Waals surface area contributed by atoms with Gasteiger partial charge in [-0.05, 0) is 28.8 Å². The molecule has 0 aliphatic rings. The lowest BCUT2D eigenvalue weighted by Crippen LogP contribution is -1.82. The minimum absolute atomic E-state index is 0.206. The molecule has 2 aromatic rings. The van der Waals surface area contributed by atoms with Crippen LogP contribution in [0.1, 0.15) is 16.7 Å². The highest BCUT2D eigenvalue weighted by molar-refractivity contribution is 9.08.